The maximum Gasteiger partial charge on any atom is 0.416 e. The smallest absolute Gasteiger partial charge is 0.339 e. The van der Waals surface area contributed by atoms with Crippen LogP contribution >= 0.6 is 0 Å². The van der Waals surface area contributed by atoms with Gasteiger partial charge in [-0.15, -0.1) is 6.58 Å². The lowest BCUT2D eigenvalue weighted by atomic mass is 9.85. The molecule has 47 heavy (non-hydrogen) atoms. The summed E-state index contributed by atoms with van der Waals surface area (Å²) in [6.07, 6.45) is 4.31. The number of halogens is 4. The molecule has 1 N–H and O–H groups in total. The van der Waals surface area contributed by atoms with Crippen molar-refractivity contribution < 1.29 is 32.0 Å². The molecule has 3 saturated heterocycles. The number of piperidine rings is 1. The topological polar surface area (TPSA) is 65.1 Å². The van der Waals surface area contributed by atoms with Gasteiger partial charge in [0.25, 0.3) is 0 Å². The molecule has 3 aliphatic heterocycles. The number of amides is 3. The molecule has 7 nitrogen and oxygen atoms in total. The Labute approximate surface area is 273 Å². The first kappa shape index (κ1) is 33.5. The maximum atomic E-state index is 14.6. The molecular formula is C36H44F4N4O3. The number of hydrogen-bond donors (Lipinski definition) is 1. The van der Waals surface area contributed by atoms with Crippen LogP contribution in [-0.2, 0) is 28.0 Å². The molecule has 11 heteroatoms. The first-order valence-corrected chi connectivity index (χ1v) is 16.8. The highest BCUT2D eigenvalue weighted by Gasteiger charge is 2.54. The second-order valence-electron chi connectivity index (χ2n) is 13.8. The Bertz CT molecular complexity index is 1430. The third-order valence-corrected chi connectivity index (χ3v) is 10.7. The molecule has 1 aliphatic carbocycles. The highest BCUT2D eigenvalue weighted by atomic mass is 19.4. The van der Waals surface area contributed by atoms with Crippen LogP contribution in [0.5, 0.6) is 0 Å². The molecule has 2 aromatic carbocycles. The number of carbonyl (C=O) groups is 2. The van der Waals surface area contributed by atoms with E-state index in [-0.39, 0.29) is 54.3 Å². The van der Waals surface area contributed by atoms with E-state index in [1.54, 1.807) is 17.0 Å². The standard InChI is InChI=1S/C36H44F4N4O3/c1-3-17-43(34(46)41-21-25-11-13-27(14-12-25)36(38,39)40)32-19-30-15-16-31(20-32)44(30)47-35(28-9-6-10-29(37)18-28)23-42(22-24(35)2)33(45)26-7-4-5-8-26/h3,6,9-14,18,24,26,30-32H,1,4-5,7-8,15-17,19-23H2,2H3,(H,41,46)/t24-,30?,31?,32?,35+/m0/s1. The molecule has 0 radical (unpaired) electrons. The van der Waals surface area contributed by atoms with Crippen LogP contribution < -0.4 is 5.32 Å². The summed E-state index contributed by atoms with van der Waals surface area (Å²) < 4.78 is 53.5. The van der Waals surface area contributed by atoms with Gasteiger partial charge in [0.2, 0.25) is 5.91 Å². The van der Waals surface area contributed by atoms with Crippen molar-refractivity contribution in [1.82, 2.24) is 20.2 Å². The van der Waals surface area contributed by atoms with E-state index in [0.29, 0.717) is 38.0 Å². The van der Waals surface area contributed by atoms with Crippen LogP contribution in [0.2, 0.25) is 0 Å². The van der Waals surface area contributed by atoms with Gasteiger partial charge in [0.1, 0.15) is 11.4 Å². The van der Waals surface area contributed by atoms with Gasteiger partial charge in [-0.3, -0.25) is 9.63 Å². The van der Waals surface area contributed by atoms with Crippen molar-refractivity contribution >= 4 is 11.9 Å². The van der Waals surface area contributed by atoms with E-state index in [0.717, 1.165) is 56.2 Å². The molecule has 0 spiro atoms. The SMILES string of the molecule is C=CCN(C(=O)NCc1ccc(C(F)(F)F)cc1)C1CC2CCC(C1)N2O[C@]1(c2cccc(F)c2)CN(C(=O)C2CCCC2)C[C@@H]1C. The summed E-state index contributed by atoms with van der Waals surface area (Å²) in [6, 6.07) is 11.0. The van der Waals surface area contributed by atoms with E-state index in [1.807, 2.05) is 11.0 Å². The number of fused-ring (bicyclic) bond motifs is 2. The van der Waals surface area contributed by atoms with Crippen molar-refractivity contribution in [3.05, 3.63) is 83.7 Å². The van der Waals surface area contributed by atoms with Gasteiger partial charge in [-0.05, 0) is 73.9 Å². The molecule has 3 amide bonds. The molecule has 2 unspecified atom stereocenters. The van der Waals surface area contributed by atoms with Crippen LogP contribution in [0.25, 0.3) is 0 Å². The molecule has 4 atom stereocenters. The zero-order valence-corrected chi connectivity index (χ0v) is 26.9. The summed E-state index contributed by atoms with van der Waals surface area (Å²) in [6.45, 7) is 7.26. The molecule has 1 saturated carbocycles. The fourth-order valence-electron chi connectivity index (χ4n) is 8.20. The van der Waals surface area contributed by atoms with Crippen LogP contribution in [0.15, 0.2) is 61.2 Å². The Kier molecular flexibility index (Phi) is 9.67. The average molecular weight is 657 g/mol. The number of alkyl halides is 3. The number of hydrogen-bond acceptors (Lipinski definition) is 4. The van der Waals surface area contributed by atoms with E-state index in [9.17, 15) is 27.2 Å². The van der Waals surface area contributed by atoms with Crippen molar-refractivity contribution in [3.63, 3.8) is 0 Å². The minimum atomic E-state index is -4.42. The minimum Gasteiger partial charge on any atom is -0.339 e. The number of hydroxylamine groups is 2. The van der Waals surface area contributed by atoms with Gasteiger partial charge >= 0.3 is 12.2 Å². The van der Waals surface area contributed by atoms with Gasteiger partial charge in [0.15, 0.2) is 0 Å². The van der Waals surface area contributed by atoms with Gasteiger partial charge in [0.05, 0.1) is 12.1 Å². The van der Waals surface area contributed by atoms with E-state index in [4.69, 9.17) is 4.84 Å². The van der Waals surface area contributed by atoms with E-state index >= 15 is 0 Å². The largest absolute Gasteiger partial charge is 0.416 e. The third kappa shape index (κ3) is 6.92. The number of rotatable bonds is 9. The predicted octanol–water partition coefficient (Wildman–Crippen LogP) is 7.03. The summed E-state index contributed by atoms with van der Waals surface area (Å²) in [7, 11) is 0. The highest BCUT2D eigenvalue weighted by molar-refractivity contribution is 5.79. The van der Waals surface area contributed by atoms with Crippen LogP contribution in [0.4, 0.5) is 22.4 Å². The molecule has 3 heterocycles. The minimum absolute atomic E-state index is 0.0194. The summed E-state index contributed by atoms with van der Waals surface area (Å²) in [4.78, 5) is 37.7. The second kappa shape index (κ2) is 13.6. The molecular weight excluding hydrogens is 612 g/mol. The van der Waals surface area contributed by atoms with E-state index in [1.165, 1.54) is 24.3 Å². The summed E-state index contributed by atoms with van der Waals surface area (Å²) >= 11 is 0. The number of carbonyl (C=O) groups excluding carboxylic acids is 2. The third-order valence-electron chi connectivity index (χ3n) is 10.7. The van der Waals surface area contributed by atoms with Crippen LogP contribution in [0, 0.1) is 17.7 Å². The number of nitrogens with zero attached hydrogens (tertiary/aromatic N) is 3. The number of benzene rings is 2. The van der Waals surface area contributed by atoms with Gasteiger partial charge < -0.3 is 15.1 Å². The fraction of sp³-hybridized carbons (Fsp3) is 0.556. The Morgan fingerprint density at radius 1 is 1.06 bits per heavy atom. The average Bonchev–Trinajstić information content (AvgIpc) is 3.75. The first-order chi connectivity index (χ1) is 22.5. The fourth-order valence-corrected chi connectivity index (χ4v) is 8.20. The number of nitrogens with one attached hydrogen (secondary N) is 1. The Morgan fingerprint density at radius 3 is 2.36 bits per heavy atom. The van der Waals surface area contributed by atoms with E-state index in [2.05, 4.69) is 23.9 Å². The number of urea groups is 1. The molecule has 2 aromatic rings. The van der Waals surface area contributed by atoms with Crippen molar-refractivity contribution in [1.29, 1.82) is 0 Å². The molecule has 4 aliphatic rings. The van der Waals surface area contributed by atoms with Crippen LogP contribution in [-0.4, -0.2) is 64.6 Å². The highest BCUT2D eigenvalue weighted by Crippen LogP contribution is 2.47. The monoisotopic (exact) mass is 656 g/mol. The van der Waals surface area contributed by atoms with Crippen molar-refractivity contribution in [2.24, 2.45) is 11.8 Å². The molecule has 4 fully saturated rings. The lowest BCUT2D eigenvalue weighted by molar-refractivity contribution is -0.294. The quantitative estimate of drug-likeness (QED) is 0.233. The Hall–Kier alpha value is -3.44. The summed E-state index contributed by atoms with van der Waals surface area (Å²) in [5.41, 5.74) is -0.333. The Morgan fingerprint density at radius 2 is 1.74 bits per heavy atom. The zero-order chi connectivity index (χ0) is 33.3. The normalized spacial score (nSPS) is 28.1. The maximum absolute atomic E-state index is 14.6. The zero-order valence-electron chi connectivity index (χ0n) is 26.9. The Balaban J connectivity index is 1.16. The van der Waals surface area contributed by atoms with Gasteiger partial charge in [0, 0.05) is 49.6 Å². The van der Waals surface area contributed by atoms with Gasteiger partial charge in [-0.2, -0.15) is 18.2 Å². The van der Waals surface area contributed by atoms with Gasteiger partial charge in [-0.1, -0.05) is 50.1 Å². The molecule has 254 valence electrons. The van der Waals surface area contributed by atoms with Crippen LogP contribution in [0.1, 0.15) is 75.0 Å². The summed E-state index contributed by atoms with van der Waals surface area (Å²) in [5, 5.41) is 4.95. The first-order valence-electron chi connectivity index (χ1n) is 16.8. The van der Waals surface area contributed by atoms with Crippen molar-refractivity contribution in [2.45, 2.75) is 94.7 Å². The number of likely N-dealkylation sites (tertiary alicyclic amines) is 1. The lowest BCUT2D eigenvalue weighted by Crippen LogP contribution is -2.56. The van der Waals surface area contributed by atoms with Crippen molar-refractivity contribution in [2.75, 3.05) is 19.6 Å². The molecule has 6 rings (SSSR count). The van der Waals surface area contributed by atoms with Crippen LogP contribution in [0.3, 0.4) is 0 Å². The molecule has 2 bridgehead atoms. The van der Waals surface area contributed by atoms with Gasteiger partial charge in [-0.25, -0.2) is 9.18 Å². The lowest BCUT2D eigenvalue weighted by Gasteiger charge is -2.46. The predicted molar refractivity (Wildman–Crippen MR) is 169 cm³/mol. The second-order valence-corrected chi connectivity index (χ2v) is 13.8. The molecule has 0 aromatic heterocycles. The summed E-state index contributed by atoms with van der Waals surface area (Å²) in [5.74, 6) is -0.207. The van der Waals surface area contributed by atoms with Crippen molar-refractivity contribution in [3.8, 4) is 0 Å². The van der Waals surface area contributed by atoms with E-state index < -0.39 is 17.3 Å².